The molecular formula is C19H21N7O. The number of H-pyrrole nitrogens is 1. The minimum atomic E-state index is -0.321. The average Bonchev–Trinajstić information content (AvgIpc) is 3.37. The second-order valence-corrected chi connectivity index (χ2v) is 6.36. The molecule has 0 saturated carbocycles. The van der Waals surface area contributed by atoms with Gasteiger partial charge >= 0.3 is 0 Å². The molecule has 8 nitrogen and oxygen atoms in total. The third-order valence-electron chi connectivity index (χ3n) is 4.35. The van der Waals surface area contributed by atoms with Gasteiger partial charge in [0, 0.05) is 11.1 Å². The Bertz CT molecular complexity index is 1010. The molecule has 3 aromatic heterocycles. The number of nitrogens with zero attached hydrogens (tertiary/aromatic N) is 6. The van der Waals surface area contributed by atoms with Crippen LogP contribution < -0.4 is 4.74 Å². The molecule has 3 heterocycles. The number of aromatic nitrogens is 7. The van der Waals surface area contributed by atoms with E-state index in [4.69, 9.17) is 9.84 Å². The highest BCUT2D eigenvalue weighted by atomic mass is 16.5. The Hall–Kier alpha value is -3.29. The number of fused-ring (bicyclic) bond motifs is 1. The van der Waals surface area contributed by atoms with E-state index in [-0.39, 0.29) is 6.10 Å². The number of nitrogens with one attached hydrogen (secondary N) is 1. The lowest BCUT2D eigenvalue weighted by Gasteiger charge is -2.14. The van der Waals surface area contributed by atoms with E-state index in [1.165, 1.54) is 6.33 Å². The number of unbranched alkanes of at least 4 members (excludes halogenated alkanes) is 1. The lowest BCUT2D eigenvalue weighted by atomic mass is 10.1. The number of ether oxygens (including phenoxy) is 1. The van der Waals surface area contributed by atoms with Crippen LogP contribution in [0.1, 0.15) is 44.2 Å². The van der Waals surface area contributed by atoms with E-state index in [2.05, 4.69) is 32.3 Å². The summed E-state index contributed by atoms with van der Waals surface area (Å²) >= 11 is 0. The maximum absolute atomic E-state index is 6.12. The van der Waals surface area contributed by atoms with Crippen LogP contribution in [0.5, 0.6) is 5.88 Å². The molecule has 27 heavy (non-hydrogen) atoms. The van der Waals surface area contributed by atoms with Crippen molar-refractivity contribution in [3.8, 4) is 17.3 Å². The standard InChI is InChI=1S/C19H21N7O/c1-3-4-8-15-11-16-22-24-18(14-9-6-5-7-10-14)26(16)25-19(15)27-13(2)17-20-12-21-23-17/h5-7,9-13H,3-4,8H2,1-2H3,(H,20,21,23). The summed E-state index contributed by atoms with van der Waals surface area (Å²) in [7, 11) is 0. The third-order valence-corrected chi connectivity index (χ3v) is 4.35. The molecule has 4 aromatic rings. The quantitative estimate of drug-likeness (QED) is 0.541. The normalized spacial score (nSPS) is 12.4. The first-order valence-electron chi connectivity index (χ1n) is 9.09. The van der Waals surface area contributed by atoms with E-state index in [9.17, 15) is 0 Å². The van der Waals surface area contributed by atoms with Crippen LogP contribution in [-0.4, -0.2) is 35.0 Å². The molecule has 0 fully saturated rings. The van der Waals surface area contributed by atoms with Gasteiger partial charge in [0.15, 0.2) is 23.4 Å². The number of aromatic amines is 1. The van der Waals surface area contributed by atoms with Crippen molar-refractivity contribution in [1.29, 1.82) is 0 Å². The predicted molar refractivity (Wildman–Crippen MR) is 100 cm³/mol. The monoisotopic (exact) mass is 363 g/mol. The van der Waals surface area contributed by atoms with Gasteiger partial charge in [-0.1, -0.05) is 43.7 Å². The summed E-state index contributed by atoms with van der Waals surface area (Å²) in [5.74, 6) is 1.83. The van der Waals surface area contributed by atoms with Crippen LogP contribution in [0.3, 0.4) is 0 Å². The van der Waals surface area contributed by atoms with E-state index in [0.29, 0.717) is 23.2 Å². The van der Waals surface area contributed by atoms with Crippen molar-refractivity contribution in [3.05, 3.63) is 54.1 Å². The average molecular weight is 363 g/mol. The van der Waals surface area contributed by atoms with Crippen LogP contribution in [0.2, 0.25) is 0 Å². The third kappa shape index (κ3) is 3.51. The van der Waals surface area contributed by atoms with Crippen LogP contribution in [0.25, 0.3) is 17.0 Å². The Kier molecular flexibility index (Phi) is 4.78. The number of hydrogen-bond acceptors (Lipinski definition) is 6. The predicted octanol–water partition coefficient (Wildman–Crippen LogP) is 3.39. The molecule has 138 valence electrons. The van der Waals surface area contributed by atoms with Crippen molar-refractivity contribution >= 4 is 5.65 Å². The molecule has 8 heteroatoms. The Morgan fingerprint density at radius 1 is 1.19 bits per heavy atom. The highest BCUT2D eigenvalue weighted by molar-refractivity contribution is 5.59. The molecule has 4 rings (SSSR count). The lowest BCUT2D eigenvalue weighted by Crippen LogP contribution is -2.10. The zero-order chi connectivity index (χ0) is 18.6. The van der Waals surface area contributed by atoms with Crippen LogP contribution >= 0.6 is 0 Å². The fourth-order valence-electron chi connectivity index (χ4n) is 2.90. The van der Waals surface area contributed by atoms with Crippen LogP contribution in [0.4, 0.5) is 0 Å². The van der Waals surface area contributed by atoms with Gasteiger partial charge in [0.1, 0.15) is 6.33 Å². The van der Waals surface area contributed by atoms with Crippen LogP contribution in [0.15, 0.2) is 42.7 Å². The van der Waals surface area contributed by atoms with Gasteiger partial charge in [-0.2, -0.15) is 9.61 Å². The van der Waals surface area contributed by atoms with E-state index >= 15 is 0 Å². The summed E-state index contributed by atoms with van der Waals surface area (Å²) in [4.78, 5) is 4.17. The molecular weight excluding hydrogens is 342 g/mol. The van der Waals surface area contributed by atoms with Gasteiger partial charge in [-0.3, -0.25) is 5.10 Å². The Morgan fingerprint density at radius 2 is 2.04 bits per heavy atom. The van der Waals surface area contributed by atoms with Gasteiger partial charge in [-0.15, -0.1) is 15.3 Å². The first-order valence-corrected chi connectivity index (χ1v) is 9.09. The van der Waals surface area contributed by atoms with Crippen molar-refractivity contribution in [1.82, 2.24) is 35.0 Å². The fourth-order valence-corrected chi connectivity index (χ4v) is 2.90. The second kappa shape index (κ2) is 7.53. The molecule has 0 saturated heterocycles. The van der Waals surface area contributed by atoms with Crippen molar-refractivity contribution in [2.45, 2.75) is 39.2 Å². The van der Waals surface area contributed by atoms with Crippen molar-refractivity contribution < 1.29 is 4.74 Å². The highest BCUT2D eigenvalue weighted by Gasteiger charge is 2.18. The van der Waals surface area contributed by atoms with Crippen LogP contribution in [-0.2, 0) is 6.42 Å². The maximum atomic E-state index is 6.12. The molecule has 1 aromatic carbocycles. The minimum absolute atomic E-state index is 0.321. The Labute approximate surface area is 156 Å². The number of aryl methyl sites for hydroxylation is 1. The van der Waals surface area contributed by atoms with Crippen molar-refractivity contribution in [2.75, 3.05) is 0 Å². The topological polar surface area (TPSA) is 93.9 Å². The van der Waals surface area contributed by atoms with Crippen molar-refractivity contribution in [3.63, 3.8) is 0 Å². The molecule has 0 aliphatic carbocycles. The number of rotatable bonds is 7. The zero-order valence-corrected chi connectivity index (χ0v) is 15.3. The van der Waals surface area contributed by atoms with Gasteiger partial charge in [0.05, 0.1) is 0 Å². The second-order valence-electron chi connectivity index (χ2n) is 6.36. The molecule has 0 spiro atoms. The molecule has 0 amide bonds. The SMILES string of the molecule is CCCCc1cc2nnc(-c3ccccc3)n2nc1OC(C)c1nc[nH]n1. The molecule has 0 aliphatic rings. The van der Waals surface area contributed by atoms with E-state index in [1.54, 1.807) is 4.52 Å². The van der Waals surface area contributed by atoms with E-state index in [0.717, 1.165) is 30.4 Å². The summed E-state index contributed by atoms with van der Waals surface area (Å²) in [6.45, 7) is 4.07. The van der Waals surface area contributed by atoms with Crippen molar-refractivity contribution in [2.24, 2.45) is 0 Å². The summed E-state index contributed by atoms with van der Waals surface area (Å²) in [6.07, 6.45) is 4.21. The largest absolute Gasteiger partial charge is 0.465 e. The summed E-state index contributed by atoms with van der Waals surface area (Å²) < 4.78 is 7.85. The molecule has 1 atom stereocenters. The fraction of sp³-hybridized carbons (Fsp3) is 0.316. The number of hydrogen-bond donors (Lipinski definition) is 1. The van der Waals surface area contributed by atoms with E-state index in [1.807, 2.05) is 43.3 Å². The minimum Gasteiger partial charge on any atom is -0.465 e. The maximum Gasteiger partial charge on any atom is 0.235 e. The molecule has 1 N–H and O–H groups in total. The van der Waals surface area contributed by atoms with Gasteiger partial charge in [0.2, 0.25) is 5.88 Å². The molecule has 0 aliphatic heterocycles. The molecule has 0 bridgehead atoms. The summed E-state index contributed by atoms with van der Waals surface area (Å²) in [5, 5.41) is 20.2. The van der Waals surface area contributed by atoms with E-state index < -0.39 is 0 Å². The molecule has 1 unspecified atom stereocenters. The Balaban J connectivity index is 1.76. The molecule has 0 radical (unpaired) electrons. The smallest absolute Gasteiger partial charge is 0.235 e. The first kappa shape index (κ1) is 17.1. The van der Waals surface area contributed by atoms with Crippen LogP contribution in [0, 0.1) is 0 Å². The Morgan fingerprint density at radius 3 is 2.78 bits per heavy atom. The van der Waals surface area contributed by atoms with Gasteiger partial charge in [-0.25, -0.2) is 4.98 Å². The van der Waals surface area contributed by atoms with Gasteiger partial charge in [-0.05, 0) is 25.8 Å². The number of benzene rings is 1. The highest BCUT2D eigenvalue weighted by Crippen LogP contribution is 2.26. The summed E-state index contributed by atoms with van der Waals surface area (Å²) in [6, 6.07) is 11.9. The zero-order valence-electron chi connectivity index (χ0n) is 15.3. The summed E-state index contributed by atoms with van der Waals surface area (Å²) in [5.41, 5.74) is 2.67. The first-order chi connectivity index (χ1) is 13.3. The lowest BCUT2D eigenvalue weighted by molar-refractivity contribution is 0.202. The van der Waals surface area contributed by atoms with Gasteiger partial charge < -0.3 is 4.74 Å². The van der Waals surface area contributed by atoms with Gasteiger partial charge in [0.25, 0.3) is 0 Å².